The highest BCUT2D eigenvalue weighted by Crippen LogP contribution is 2.23. The Morgan fingerprint density at radius 2 is 2.00 bits per heavy atom. The molecule has 9 heteroatoms. The lowest BCUT2D eigenvalue weighted by Gasteiger charge is -2.02. The minimum atomic E-state index is 0.109. The van der Waals surface area contributed by atoms with E-state index in [0.717, 1.165) is 5.82 Å². The van der Waals surface area contributed by atoms with Gasteiger partial charge in [-0.1, -0.05) is 0 Å². The Hall–Kier alpha value is -1.90. The highest BCUT2D eigenvalue weighted by molar-refractivity contribution is 7.99. The third-order valence-electron chi connectivity index (χ3n) is 2.03. The molecule has 2 rings (SSSR count). The zero-order valence-electron chi connectivity index (χ0n) is 9.58. The summed E-state index contributed by atoms with van der Waals surface area (Å²) in [6.45, 7) is 1.86. The summed E-state index contributed by atoms with van der Waals surface area (Å²) in [4.78, 5) is 11.8. The lowest BCUT2D eigenvalue weighted by atomic mass is 10.7. The van der Waals surface area contributed by atoms with Gasteiger partial charge in [-0.25, -0.2) is 0 Å². The summed E-state index contributed by atoms with van der Waals surface area (Å²) in [7, 11) is 3.33. The molecule has 2 aromatic rings. The molecule has 0 aromatic carbocycles. The van der Waals surface area contributed by atoms with E-state index in [1.807, 2.05) is 18.5 Å². The molecule has 2 heterocycles. The molecule has 0 aliphatic rings. The normalized spacial score (nSPS) is 10.5. The van der Waals surface area contributed by atoms with Crippen LogP contribution in [0, 0.1) is 6.92 Å². The summed E-state index contributed by atoms with van der Waals surface area (Å²) in [6, 6.07) is 0.180. The van der Waals surface area contributed by atoms with Crippen LogP contribution >= 0.6 is 11.8 Å². The van der Waals surface area contributed by atoms with E-state index in [0.29, 0.717) is 10.3 Å². The van der Waals surface area contributed by atoms with Crippen LogP contribution in [0.2, 0.25) is 0 Å². The number of hydrogen-bond acceptors (Lipinski definition) is 8. The Bertz CT molecular complexity index is 541. The molecule has 0 atom stereocenters. The average Bonchev–Trinajstić information content (AvgIpc) is 2.60. The Labute approximate surface area is 102 Å². The molecule has 0 fully saturated rings. The van der Waals surface area contributed by atoms with Crippen LogP contribution in [0.5, 0.6) is 6.01 Å². The van der Waals surface area contributed by atoms with Crippen molar-refractivity contribution in [3.63, 3.8) is 0 Å². The number of ether oxygens (including phenoxy) is 1. The third-order valence-corrected chi connectivity index (χ3v) is 2.93. The molecule has 17 heavy (non-hydrogen) atoms. The number of nitrogen functional groups attached to an aromatic ring is 1. The summed E-state index contributed by atoms with van der Waals surface area (Å²) in [5, 5.41) is 9.02. The standard InChI is InChI=1S/C8H11N7OS/c1-4-13-14-8(15(4)2)17-7-11-5(9)10-6(12-7)16-3/h1-3H3,(H2,9,10,11,12). The van der Waals surface area contributed by atoms with Crippen molar-refractivity contribution < 1.29 is 4.74 Å². The van der Waals surface area contributed by atoms with Crippen LogP contribution in [0.15, 0.2) is 10.3 Å². The predicted molar refractivity (Wildman–Crippen MR) is 60.7 cm³/mol. The van der Waals surface area contributed by atoms with Gasteiger partial charge in [-0.15, -0.1) is 10.2 Å². The fourth-order valence-corrected chi connectivity index (χ4v) is 1.82. The molecule has 0 aliphatic carbocycles. The SMILES string of the molecule is COc1nc(N)nc(Sc2nnc(C)n2C)n1. The Morgan fingerprint density at radius 3 is 2.59 bits per heavy atom. The molecule has 0 aliphatic heterocycles. The van der Waals surface area contributed by atoms with Crippen molar-refractivity contribution in [3.8, 4) is 6.01 Å². The van der Waals surface area contributed by atoms with Gasteiger partial charge in [-0.2, -0.15) is 15.0 Å². The van der Waals surface area contributed by atoms with Gasteiger partial charge < -0.3 is 15.0 Å². The second-order valence-corrected chi connectivity index (χ2v) is 4.09. The Kier molecular flexibility index (Phi) is 3.09. The van der Waals surface area contributed by atoms with Crippen LogP contribution in [0.25, 0.3) is 0 Å². The van der Waals surface area contributed by atoms with E-state index in [4.69, 9.17) is 10.5 Å². The van der Waals surface area contributed by atoms with Gasteiger partial charge in [0, 0.05) is 7.05 Å². The number of methoxy groups -OCH3 is 1. The van der Waals surface area contributed by atoms with Crippen molar-refractivity contribution in [2.24, 2.45) is 7.05 Å². The van der Waals surface area contributed by atoms with E-state index in [-0.39, 0.29) is 12.0 Å². The number of rotatable bonds is 3. The van der Waals surface area contributed by atoms with Crippen LogP contribution in [-0.2, 0) is 7.05 Å². The van der Waals surface area contributed by atoms with Crippen molar-refractivity contribution in [3.05, 3.63) is 5.82 Å². The Morgan fingerprint density at radius 1 is 1.24 bits per heavy atom. The van der Waals surface area contributed by atoms with E-state index >= 15 is 0 Å². The second-order valence-electron chi connectivity index (χ2n) is 3.15. The molecule has 0 radical (unpaired) electrons. The van der Waals surface area contributed by atoms with E-state index < -0.39 is 0 Å². The largest absolute Gasteiger partial charge is 0.467 e. The quantitative estimate of drug-likeness (QED) is 0.818. The maximum atomic E-state index is 5.53. The average molecular weight is 253 g/mol. The molecule has 0 bridgehead atoms. The van der Waals surface area contributed by atoms with Crippen LogP contribution in [0.4, 0.5) is 5.95 Å². The zero-order valence-corrected chi connectivity index (χ0v) is 10.4. The molecule has 2 aromatic heterocycles. The van der Waals surface area contributed by atoms with Gasteiger partial charge in [0.2, 0.25) is 11.1 Å². The van der Waals surface area contributed by atoms with Gasteiger partial charge in [-0.05, 0) is 18.7 Å². The third kappa shape index (κ3) is 2.44. The smallest absolute Gasteiger partial charge is 0.321 e. The fourth-order valence-electron chi connectivity index (χ4n) is 1.05. The van der Waals surface area contributed by atoms with Crippen molar-refractivity contribution in [1.82, 2.24) is 29.7 Å². The van der Waals surface area contributed by atoms with Crippen LogP contribution in [0.3, 0.4) is 0 Å². The number of aromatic nitrogens is 6. The van der Waals surface area contributed by atoms with Crippen LogP contribution < -0.4 is 10.5 Å². The number of anilines is 1. The molecule has 8 nitrogen and oxygen atoms in total. The highest BCUT2D eigenvalue weighted by atomic mass is 32.2. The summed E-state index contributed by atoms with van der Waals surface area (Å²) >= 11 is 1.25. The lowest BCUT2D eigenvalue weighted by Crippen LogP contribution is -2.02. The summed E-state index contributed by atoms with van der Waals surface area (Å²) < 4.78 is 6.74. The number of nitrogens with zero attached hydrogens (tertiary/aromatic N) is 6. The highest BCUT2D eigenvalue weighted by Gasteiger charge is 2.11. The molecule has 90 valence electrons. The van der Waals surface area contributed by atoms with Gasteiger partial charge >= 0.3 is 6.01 Å². The minimum absolute atomic E-state index is 0.109. The van der Waals surface area contributed by atoms with Gasteiger partial charge in [0.15, 0.2) is 5.16 Å². The molecule has 0 spiro atoms. The van der Waals surface area contributed by atoms with E-state index in [2.05, 4.69) is 25.1 Å². The summed E-state index contributed by atoms with van der Waals surface area (Å²) in [5.41, 5.74) is 5.53. The molecule has 0 saturated heterocycles. The molecule has 2 N–H and O–H groups in total. The number of aryl methyl sites for hydroxylation is 1. The molecule has 0 unspecified atom stereocenters. The zero-order chi connectivity index (χ0) is 12.4. The number of nitrogens with two attached hydrogens (primary N) is 1. The van der Waals surface area contributed by atoms with Crippen molar-refractivity contribution >= 4 is 17.7 Å². The van der Waals surface area contributed by atoms with E-state index in [9.17, 15) is 0 Å². The van der Waals surface area contributed by atoms with Crippen LogP contribution in [0.1, 0.15) is 5.82 Å². The number of hydrogen-bond donors (Lipinski definition) is 1. The van der Waals surface area contributed by atoms with Gasteiger partial charge in [0.25, 0.3) is 0 Å². The first-order valence-electron chi connectivity index (χ1n) is 4.69. The van der Waals surface area contributed by atoms with Gasteiger partial charge in [-0.3, -0.25) is 0 Å². The maximum absolute atomic E-state index is 5.53. The Balaban J connectivity index is 2.29. The van der Waals surface area contributed by atoms with Crippen molar-refractivity contribution in [1.29, 1.82) is 0 Å². The van der Waals surface area contributed by atoms with E-state index in [1.54, 1.807) is 0 Å². The van der Waals surface area contributed by atoms with Gasteiger partial charge in [0.05, 0.1) is 7.11 Å². The topological polar surface area (TPSA) is 105 Å². The molecule has 0 amide bonds. The predicted octanol–water partition coefficient (Wildman–Crippen LogP) is 0.0505. The molecular weight excluding hydrogens is 242 g/mol. The molecule has 0 saturated carbocycles. The first kappa shape index (κ1) is 11.6. The first-order valence-corrected chi connectivity index (χ1v) is 5.51. The van der Waals surface area contributed by atoms with Gasteiger partial charge in [0.1, 0.15) is 5.82 Å². The summed E-state index contributed by atoms with van der Waals surface area (Å²) in [5.74, 6) is 0.916. The summed E-state index contributed by atoms with van der Waals surface area (Å²) in [6.07, 6.45) is 0. The monoisotopic (exact) mass is 253 g/mol. The van der Waals surface area contributed by atoms with Crippen molar-refractivity contribution in [2.75, 3.05) is 12.8 Å². The van der Waals surface area contributed by atoms with Crippen molar-refractivity contribution in [2.45, 2.75) is 17.2 Å². The fraction of sp³-hybridized carbons (Fsp3) is 0.375. The van der Waals surface area contributed by atoms with Crippen LogP contribution in [-0.4, -0.2) is 36.8 Å². The lowest BCUT2D eigenvalue weighted by molar-refractivity contribution is 0.374. The maximum Gasteiger partial charge on any atom is 0.321 e. The van der Waals surface area contributed by atoms with E-state index in [1.165, 1.54) is 18.9 Å². The first-order chi connectivity index (χ1) is 8.10. The minimum Gasteiger partial charge on any atom is -0.467 e. The molecular formula is C8H11N7OS. The second kappa shape index (κ2) is 4.53.